The van der Waals surface area contributed by atoms with Gasteiger partial charge in [-0.25, -0.2) is 4.21 Å². The predicted molar refractivity (Wildman–Crippen MR) is 81.8 cm³/mol. The lowest BCUT2D eigenvalue weighted by Crippen LogP contribution is -2.06. The number of halogens is 1. The summed E-state index contributed by atoms with van der Waals surface area (Å²) in [6.45, 7) is 1.58. The summed E-state index contributed by atoms with van der Waals surface area (Å²) in [6.07, 6.45) is 2.70. The van der Waals surface area contributed by atoms with Gasteiger partial charge in [-0.1, -0.05) is 22.8 Å². The molecule has 2 atom stereocenters. The molecule has 1 fully saturated rings. The third-order valence-corrected chi connectivity index (χ3v) is 4.48. The average Bonchev–Trinajstić information content (AvgIpc) is 3.23. The van der Waals surface area contributed by atoms with Crippen molar-refractivity contribution in [2.24, 2.45) is 0 Å². The van der Waals surface area contributed by atoms with Crippen LogP contribution >= 0.6 is 11.6 Å². The highest BCUT2D eigenvalue weighted by Gasteiger charge is 2.33. The van der Waals surface area contributed by atoms with Gasteiger partial charge in [0, 0.05) is 11.5 Å². The van der Waals surface area contributed by atoms with Crippen molar-refractivity contribution >= 4 is 28.7 Å². The van der Waals surface area contributed by atoms with Crippen molar-refractivity contribution in [3.8, 4) is 0 Å². The lowest BCUT2D eigenvalue weighted by Gasteiger charge is -2.15. The number of ketones is 1. The van der Waals surface area contributed by atoms with Crippen LogP contribution < -0.4 is 0 Å². The Morgan fingerprint density at radius 2 is 2.22 bits per heavy atom. The third kappa shape index (κ3) is 3.53. The number of aromatic nitrogens is 1. The van der Waals surface area contributed by atoms with Gasteiger partial charge >= 0.3 is 0 Å². The van der Waals surface area contributed by atoms with E-state index in [1.165, 1.54) is 12.3 Å². The Balaban J connectivity index is 1.86. The quantitative estimate of drug-likeness (QED) is 0.583. The molecule has 6 nitrogen and oxygen atoms in total. The number of rotatable bonds is 6. The average molecular weight is 355 g/mol. The molecule has 0 aliphatic heterocycles. The lowest BCUT2D eigenvalue weighted by atomic mass is 10.00. The third-order valence-electron chi connectivity index (χ3n) is 3.72. The Labute approximate surface area is 140 Å². The maximum Gasteiger partial charge on any atom is 0.199 e. The van der Waals surface area contributed by atoms with Crippen molar-refractivity contribution < 1.29 is 22.3 Å². The number of hydrogen-bond acceptors (Lipinski definition) is 6. The predicted octanol–water partition coefficient (Wildman–Crippen LogP) is 3.31. The zero-order chi connectivity index (χ0) is 16.6. The maximum atomic E-state index is 12.6. The van der Waals surface area contributed by atoms with E-state index in [0.717, 1.165) is 12.8 Å². The minimum absolute atomic E-state index is 0.225. The summed E-state index contributed by atoms with van der Waals surface area (Å²) in [5, 5.41) is 3.94. The van der Waals surface area contributed by atoms with Crippen molar-refractivity contribution in [2.45, 2.75) is 31.8 Å². The van der Waals surface area contributed by atoms with Crippen LogP contribution in [0.25, 0.3) is 0 Å². The zero-order valence-corrected chi connectivity index (χ0v) is 13.7. The van der Waals surface area contributed by atoms with Gasteiger partial charge in [0.15, 0.2) is 11.5 Å². The number of hydrogen-bond donors (Lipinski definition) is 0. The van der Waals surface area contributed by atoms with Crippen molar-refractivity contribution in [1.82, 2.24) is 5.16 Å². The van der Waals surface area contributed by atoms with Crippen LogP contribution in [0.3, 0.4) is 0 Å². The van der Waals surface area contributed by atoms with E-state index < -0.39 is 17.5 Å². The Kier molecular flexibility index (Phi) is 4.63. The minimum atomic E-state index is -2.62. The summed E-state index contributed by atoms with van der Waals surface area (Å²) in [5.41, 5.74) is 1.30. The van der Waals surface area contributed by atoms with E-state index in [9.17, 15) is 13.6 Å². The molecular weight excluding hydrogens is 342 g/mol. The monoisotopic (exact) mass is 354 g/mol. The second kappa shape index (κ2) is 6.52. The van der Waals surface area contributed by atoms with Crippen LogP contribution in [0.5, 0.6) is 0 Å². The number of nitrogens with zero attached hydrogens (tertiary/aromatic N) is 1. The molecule has 2 aromatic rings. The number of carbonyl (C=O) groups is 1. The molecule has 0 spiro atoms. The fourth-order valence-electron chi connectivity index (χ4n) is 2.35. The molecule has 1 aromatic carbocycles. The van der Waals surface area contributed by atoms with Gasteiger partial charge in [-0.3, -0.25) is 8.98 Å². The van der Waals surface area contributed by atoms with Crippen molar-refractivity contribution in [3.05, 3.63) is 51.9 Å². The van der Waals surface area contributed by atoms with Crippen LogP contribution in [0.4, 0.5) is 0 Å². The molecule has 23 heavy (non-hydrogen) atoms. The molecule has 3 rings (SSSR count). The molecule has 8 heteroatoms. The molecule has 0 saturated heterocycles. The van der Waals surface area contributed by atoms with Gasteiger partial charge in [-0.05, 0) is 37.5 Å². The zero-order valence-electron chi connectivity index (χ0n) is 12.2. The molecular formula is C15H13ClNO5S-. The van der Waals surface area contributed by atoms with E-state index in [0.29, 0.717) is 22.5 Å². The van der Waals surface area contributed by atoms with Crippen molar-refractivity contribution in [3.63, 3.8) is 0 Å². The molecule has 2 unspecified atom stereocenters. The van der Waals surface area contributed by atoms with E-state index in [-0.39, 0.29) is 16.7 Å². The molecule has 1 aliphatic carbocycles. The molecule has 0 N–H and O–H groups in total. The highest BCUT2D eigenvalue weighted by Crippen LogP contribution is 2.42. The standard InChI is InChI=1S/C15H14ClNO5S/c1-8(22-23(19)20)10-4-5-11(13(16)6-10)14(18)12-7-17-21-15(12)9-2-3-9/h4-9H,2-3H2,1H3,(H,19,20)/p-1. The SMILES string of the molecule is CC(OS(=O)[O-])c1ccc(C(=O)c2cnoc2C2CC2)c(Cl)c1. The van der Waals surface area contributed by atoms with Gasteiger partial charge in [0.05, 0.1) is 34.2 Å². The first-order valence-electron chi connectivity index (χ1n) is 7.02. The number of carbonyl (C=O) groups excluding carboxylic acids is 1. The van der Waals surface area contributed by atoms with E-state index >= 15 is 0 Å². The van der Waals surface area contributed by atoms with Crippen LogP contribution in [0.1, 0.15) is 59.0 Å². The maximum absolute atomic E-state index is 12.6. The molecule has 0 amide bonds. The summed E-state index contributed by atoms with van der Waals surface area (Å²) in [7, 11) is 0. The molecule has 0 bridgehead atoms. The Morgan fingerprint density at radius 1 is 1.48 bits per heavy atom. The van der Waals surface area contributed by atoms with Gasteiger partial charge in [0.2, 0.25) is 0 Å². The van der Waals surface area contributed by atoms with E-state index in [4.69, 9.17) is 16.1 Å². The topological polar surface area (TPSA) is 92.5 Å². The van der Waals surface area contributed by atoms with E-state index in [1.54, 1.807) is 19.1 Å². The second-order valence-corrected chi connectivity index (χ2v) is 6.40. The summed E-state index contributed by atoms with van der Waals surface area (Å²) in [5.74, 6) is 0.606. The fraction of sp³-hybridized carbons (Fsp3) is 0.333. The fourth-order valence-corrected chi connectivity index (χ4v) is 2.97. The first kappa shape index (κ1) is 16.3. The summed E-state index contributed by atoms with van der Waals surface area (Å²) in [4.78, 5) is 12.6. The van der Waals surface area contributed by atoms with Crippen molar-refractivity contribution in [1.29, 1.82) is 0 Å². The molecule has 1 heterocycles. The van der Waals surface area contributed by atoms with Crippen LogP contribution in [-0.4, -0.2) is 19.7 Å². The van der Waals surface area contributed by atoms with Gasteiger partial charge < -0.3 is 9.08 Å². The van der Waals surface area contributed by atoms with Crippen LogP contribution in [0.2, 0.25) is 5.02 Å². The first-order chi connectivity index (χ1) is 11.0. The Hall–Kier alpha value is -1.54. The molecule has 122 valence electrons. The van der Waals surface area contributed by atoms with Gasteiger partial charge in [0.25, 0.3) is 0 Å². The molecule has 1 aliphatic rings. The van der Waals surface area contributed by atoms with E-state index in [1.807, 2.05) is 0 Å². The molecule has 0 radical (unpaired) electrons. The summed E-state index contributed by atoms with van der Waals surface area (Å²) in [6, 6.07) is 4.69. The second-order valence-electron chi connectivity index (χ2n) is 5.39. The van der Waals surface area contributed by atoms with Crippen LogP contribution in [0.15, 0.2) is 28.9 Å². The molecule has 1 saturated carbocycles. The van der Waals surface area contributed by atoms with Crippen LogP contribution in [0, 0.1) is 0 Å². The first-order valence-corrected chi connectivity index (χ1v) is 8.40. The molecule has 1 aromatic heterocycles. The lowest BCUT2D eigenvalue weighted by molar-refractivity contribution is 0.103. The van der Waals surface area contributed by atoms with Gasteiger partial charge in [-0.15, -0.1) is 0 Å². The Bertz CT molecular complexity index is 771. The smallest absolute Gasteiger partial charge is 0.199 e. The van der Waals surface area contributed by atoms with Gasteiger partial charge in [0.1, 0.15) is 0 Å². The Morgan fingerprint density at radius 3 is 2.83 bits per heavy atom. The summed E-state index contributed by atoms with van der Waals surface area (Å²) < 4.78 is 31.0. The van der Waals surface area contributed by atoms with E-state index in [2.05, 4.69) is 9.34 Å². The highest BCUT2D eigenvalue weighted by molar-refractivity contribution is 7.74. The van der Waals surface area contributed by atoms with Crippen molar-refractivity contribution in [2.75, 3.05) is 0 Å². The number of benzene rings is 1. The van der Waals surface area contributed by atoms with Crippen LogP contribution in [-0.2, 0) is 15.5 Å². The normalized spacial score (nSPS) is 17.0. The van der Waals surface area contributed by atoms with Gasteiger partial charge in [-0.2, -0.15) is 0 Å². The largest absolute Gasteiger partial charge is 0.750 e. The summed E-state index contributed by atoms with van der Waals surface area (Å²) >= 11 is 3.56. The highest BCUT2D eigenvalue weighted by atomic mass is 35.5. The minimum Gasteiger partial charge on any atom is -0.750 e.